The molecule has 0 aliphatic carbocycles. The van der Waals surface area contributed by atoms with Crippen molar-refractivity contribution in [2.45, 2.75) is 46.2 Å². The van der Waals surface area contributed by atoms with Crippen LogP contribution in [0.1, 0.15) is 49.5 Å². The van der Waals surface area contributed by atoms with E-state index < -0.39 is 12.0 Å². The van der Waals surface area contributed by atoms with Gasteiger partial charge in [0, 0.05) is 34.6 Å². The molecule has 0 fully saturated rings. The summed E-state index contributed by atoms with van der Waals surface area (Å²) in [6.07, 6.45) is 2.10. The normalized spacial score (nSPS) is 11.9. The number of thiazole rings is 1. The van der Waals surface area contributed by atoms with Gasteiger partial charge >= 0.3 is 5.97 Å². The molecule has 0 aliphatic heterocycles. The highest BCUT2D eigenvalue weighted by atomic mass is 35.5. The van der Waals surface area contributed by atoms with E-state index in [-0.39, 0.29) is 11.8 Å². The number of anilines is 1. The summed E-state index contributed by atoms with van der Waals surface area (Å²) in [5.74, 6) is -1.63. The second-order valence-corrected chi connectivity index (χ2v) is 9.74. The lowest BCUT2D eigenvalue weighted by atomic mass is 10.0. The summed E-state index contributed by atoms with van der Waals surface area (Å²) in [5, 5.41) is 15.5. The number of carbonyl (C=O) groups is 2. The van der Waals surface area contributed by atoms with E-state index in [4.69, 9.17) is 16.6 Å². The summed E-state index contributed by atoms with van der Waals surface area (Å²) in [4.78, 5) is 31.0. The molecule has 2 N–H and O–H groups in total. The number of aromatic nitrogens is 1. The van der Waals surface area contributed by atoms with Crippen LogP contribution in [-0.2, 0) is 11.3 Å². The van der Waals surface area contributed by atoms with Gasteiger partial charge in [-0.3, -0.25) is 4.79 Å². The SMILES string of the molecule is CCCCN(Cc1ccc(C(=O)NC(C(=O)O)C(C)C)cc1)c1nc(-c2ccccc2Cl)cs1. The first-order valence-electron chi connectivity index (χ1n) is 11.4. The van der Waals surface area contributed by atoms with Gasteiger partial charge in [0.05, 0.1) is 5.69 Å². The maximum Gasteiger partial charge on any atom is 0.326 e. The molecule has 0 spiro atoms. The fourth-order valence-electron chi connectivity index (χ4n) is 3.51. The van der Waals surface area contributed by atoms with E-state index in [1.807, 2.05) is 41.8 Å². The molecule has 6 nitrogen and oxygen atoms in total. The van der Waals surface area contributed by atoms with Crippen molar-refractivity contribution in [2.24, 2.45) is 5.92 Å². The number of carbonyl (C=O) groups excluding carboxylic acids is 1. The van der Waals surface area contributed by atoms with Crippen molar-refractivity contribution in [1.29, 1.82) is 0 Å². The third kappa shape index (κ3) is 6.58. The quantitative estimate of drug-likeness (QED) is 0.332. The summed E-state index contributed by atoms with van der Waals surface area (Å²) in [5.41, 5.74) is 3.25. The zero-order chi connectivity index (χ0) is 24.7. The topological polar surface area (TPSA) is 82.5 Å². The first-order chi connectivity index (χ1) is 16.3. The number of nitrogens with one attached hydrogen (secondary N) is 1. The maximum absolute atomic E-state index is 12.5. The van der Waals surface area contributed by atoms with Gasteiger partial charge < -0.3 is 15.3 Å². The number of benzene rings is 2. The van der Waals surface area contributed by atoms with Crippen molar-refractivity contribution in [3.8, 4) is 11.3 Å². The van der Waals surface area contributed by atoms with Crippen molar-refractivity contribution in [1.82, 2.24) is 10.3 Å². The number of amides is 1. The number of carboxylic acid groups (broad SMARTS) is 1. The van der Waals surface area contributed by atoms with Crippen LogP contribution in [0.3, 0.4) is 0 Å². The van der Waals surface area contributed by atoms with E-state index in [2.05, 4.69) is 17.1 Å². The van der Waals surface area contributed by atoms with Crippen molar-refractivity contribution >= 4 is 39.9 Å². The number of nitrogens with zero attached hydrogens (tertiary/aromatic N) is 2. The van der Waals surface area contributed by atoms with Crippen molar-refractivity contribution < 1.29 is 14.7 Å². The number of unbranched alkanes of at least 4 members (excludes halogenated alkanes) is 1. The predicted molar refractivity (Wildman–Crippen MR) is 139 cm³/mol. The predicted octanol–water partition coefficient (Wildman–Crippen LogP) is 6.11. The van der Waals surface area contributed by atoms with Gasteiger partial charge in [-0.05, 0) is 36.1 Å². The van der Waals surface area contributed by atoms with Crippen molar-refractivity contribution in [3.05, 3.63) is 70.1 Å². The van der Waals surface area contributed by atoms with Crippen LogP contribution in [0.25, 0.3) is 11.3 Å². The molecular weight excluding hydrogens is 470 g/mol. The largest absolute Gasteiger partial charge is 0.480 e. The minimum atomic E-state index is -1.04. The minimum absolute atomic E-state index is 0.207. The Bertz CT molecular complexity index is 1110. The lowest BCUT2D eigenvalue weighted by molar-refractivity contribution is -0.140. The molecule has 1 unspecified atom stereocenters. The Labute approximate surface area is 209 Å². The van der Waals surface area contributed by atoms with Gasteiger partial charge in [0.15, 0.2) is 5.13 Å². The summed E-state index contributed by atoms with van der Waals surface area (Å²) in [6.45, 7) is 7.21. The summed E-state index contributed by atoms with van der Waals surface area (Å²) in [7, 11) is 0. The van der Waals surface area contributed by atoms with Crippen LogP contribution in [0.4, 0.5) is 5.13 Å². The molecule has 180 valence electrons. The summed E-state index contributed by atoms with van der Waals surface area (Å²) < 4.78 is 0. The molecule has 1 atom stereocenters. The van der Waals surface area contributed by atoms with E-state index in [1.165, 1.54) is 0 Å². The second-order valence-electron chi connectivity index (χ2n) is 8.50. The summed E-state index contributed by atoms with van der Waals surface area (Å²) in [6, 6.07) is 14.0. The Morgan fingerprint density at radius 1 is 1.15 bits per heavy atom. The third-order valence-corrected chi connectivity index (χ3v) is 6.73. The number of carboxylic acids is 1. The first-order valence-corrected chi connectivity index (χ1v) is 12.6. The second kappa shape index (κ2) is 12.0. The summed E-state index contributed by atoms with van der Waals surface area (Å²) >= 11 is 7.94. The molecule has 0 bridgehead atoms. The van der Waals surface area contributed by atoms with Crippen molar-refractivity contribution in [3.63, 3.8) is 0 Å². The average molecular weight is 500 g/mol. The molecule has 8 heteroatoms. The molecule has 0 radical (unpaired) electrons. The van der Waals surface area contributed by atoms with Crippen LogP contribution in [0.5, 0.6) is 0 Å². The molecule has 0 saturated carbocycles. The fourth-order valence-corrected chi connectivity index (χ4v) is 4.60. The Balaban J connectivity index is 1.74. The van der Waals surface area contributed by atoms with Gasteiger partial charge in [0.1, 0.15) is 6.04 Å². The number of rotatable bonds is 11. The van der Waals surface area contributed by atoms with E-state index in [0.29, 0.717) is 17.1 Å². The number of halogens is 1. The van der Waals surface area contributed by atoms with Crippen LogP contribution >= 0.6 is 22.9 Å². The van der Waals surface area contributed by atoms with Gasteiger partial charge in [-0.25, -0.2) is 9.78 Å². The minimum Gasteiger partial charge on any atom is -0.480 e. The molecule has 3 aromatic rings. The van der Waals surface area contributed by atoms with Gasteiger partial charge in [-0.15, -0.1) is 11.3 Å². The molecule has 34 heavy (non-hydrogen) atoms. The van der Waals surface area contributed by atoms with Crippen LogP contribution in [0.2, 0.25) is 5.02 Å². The smallest absolute Gasteiger partial charge is 0.326 e. The molecule has 0 saturated heterocycles. The molecule has 0 aliphatic rings. The third-order valence-electron chi connectivity index (χ3n) is 5.50. The highest BCUT2D eigenvalue weighted by Crippen LogP contribution is 2.32. The van der Waals surface area contributed by atoms with Crippen LogP contribution in [-0.4, -0.2) is 34.6 Å². The Hall–Kier alpha value is -2.90. The van der Waals surface area contributed by atoms with E-state index in [1.54, 1.807) is 37.3 Å². The maximum atomic E-state index is 12.5. The highest BCUT2D eigenvalue weighted by Gasteiger charge is 2.24. The number of hydrogen-bond donors (Lipinski definition) is 2. The molecular formula is C26H30ClN3O3S. The van der Waals surface area contributed by atoms with Gasteiger partial charge in [-0.2, -0.15) is 0 Å². The highest BCUT2D eigenvalue weighted by molar-refractivity contribution is 7.14. The lowest BCUT2D eigenvalue weighted by Crippen LogP contribution is -2.44. The number of hydrogen-bond acceptors (Lipinski definition) is 5. The van der Waals surface area contributed by atoms with Crippen LogP contribution in [0, 0.1) is 5.92 Å². The fraction of sp³-hybridized carbons (Fsp3) is 0.346. The Morgan fingerprint density at radius 3 is 2.47 bits per heavy atom. The van der Waals surface area contributed by atoms with Gasteiger partial charge in [-0.1, -0.05) is 69.1 Å². The molecule has 1 aromatic heterocycles. The first kappa shape index (κ1) is 25.7. The molecule has 2 aromatic carbocycles. The Morgan fingerprint density at radius 2 is 1.85 bits per heavy atom. The van der Waals surface area contributed by atoms with Crippen LogP contribution in [0.15, 0.2) is 53.9 Å². The molecule has 1 amide bonds. The van der Waals surface area contributed by atoms with Gasteiger partial charge in [0.2, 0.25) is 0 Å². The monoisotopic (exact) mass is 499 g/mol. The van der Waals surface area contributed by atoms with E-state index in [0.717, 1.165) is 41.3 Å². The lowest BCUT2D eigenvalue weighted by Gasteiger charge is -2.22. The molecule has 3 rings (SSSR count). The Kier molecular flexibility index (Phi) is 9.07. The van der Waals surface area contributed by atoms with E-state index in [9.17, 15) is 14.7 Å². The standard InChI is InChI=1S/C26H30ClN3O3S/c1-4-5-14-30(26-28-22(16-34-26)20-8-6-7-9-21(20)27)15-18-10-12-19(13-11-18)24(31)29-23(17(2)3)25(32)33/h6-13,16-17,23H,4-5,14-15H2,1-3H3,(H,29,31)(H,32,33). The zero-order valence-electron chi connectivity index (χ0n) is 19.6. The van der Waals surface area contributed by atoms with Crippen LogP contribution < -0.4 is 10.2 Å². The molecule has 1 heterocycles. The number of aliphatic carboxylic acids is 1. The van der Waals surface area contributed by atoms with Crippen molar-refractivity contribution in [2.75, 3.05) is 11.4 Å². The average Bonchev–Trinajstić information content (AvgIpc) is 3.30. The zero-order valence-corrected chi connectivity index (χ0v) is 21.2. The van der Waals surface area contributed by atoms with Gasteiger partial charge in [0.25, 0.3) is 5.91 Å². The van der Waals surface area contributed by atoms with E-state index >= 15 is 0 Å².